The molecule has 1 N–H and O–H groups in total. The van der Waals surface area contributed by atoms with Crippen molar-refractivity contribution in [3.8, 4) is 11.4 Å². The van der Waals surface area contributed by atoms with Gasteiger partial charge in [0.15, 0.2) is 0 Å². The molecule has 0 radical (unpaired) electrons. The van der Waals surface area contributed by atoms with Gasteiger partial charge in [-0.2, -0.15) is 16.3 Å². The largest absolute Gasteiger partial charge is 0.338 e. The van der Waals surface area contributed by atoms with Gasteiger partial charge in [0, 0.05) is 17.0 Å². The van der Waals surface area contributed by atoms with Crippen LogP contribution in [0.15, 0.2) is 21.3 Å². The normalized spacial score (nSPS) is 15.7. The summed E-state index contributed by atoms with van der Waals surface area (Å²) in [4.78, 5) is 4.32. The monoisotopic (exact) mass is 221 g/mol. The minimum atomic E-state index is 0.668. The van der Waals surface area contributed by atoms with Crippen LogP contribution < -0.4 is 5.32 Å². The van der Waals surface area contributed by atoms with Crippen molar-refractivity contribution in [2.24, 2.45) is 0 Å². The third-order valence-corrected chi connectivity index (χ3v) is 3.05. The van der Waals surface area contributed by atoms with E-state index in [1.807, 2.05) is 16.8 Å². The van der Waals surface area contributed by atoms with E-state index in [0.717, 1.165) is 5.56 Å². The van der Waals surface area contributed by atoms with E-state index in [9.17, 15) is 0 Å². The summed E-state index contributed by atoms with van der Waals surface area (Å²) in [5.74, 6) is 1.35. The van der Waals surface area contributed by atoms with E-state index < -0.39 is 0 Å². The van der Waals surface area contributed by atoms with Gasteiger partial charge in [-0.1, -0.05) is 5.16 Å². The predicted octanol–water partition coefficient (Wildman–Crippen LogP) is 2.05. The smallest absolute Gasteiger partial charge is 0.240 e. The lowest BCUT2D eigenvalue weighted by atomic mass is 10.3. The minimum absolute atomic E-state index is 0.668. The first kappa shape index (κ1) is 9.06. The first-order valence-corrected chi connectivity index (χ1v) is 5.94. The Balaban J connectivity index is 1.69. The molecule has 0 atom stereocenters. The highest BCUT2D eigenvalue weighted by molar-refractivity contribution is 7.08. The molecule has 2 heterocycles. The van der Waals surface area contributed by atoms with Gasteiger partial charge < -0.3 is 9.84 Å². The van der Waals surface area contributed by atoms with Crippen molar-refractivity contribution >= 4 is 11.3 Å². The average molecular weight is 221 g/mol. The molecule has 5 heteroatoms. The van der Waals surface area contributed by atoms with Crippen molar-refractivity contribution in [3.05, 3.63) is 22.7 Å². The third kappa shape index (κ3) is 2.08. The van der Waals surface area contributed by atoms with Gasteiger partial charge in [-0.3, -0.25) is 0 Å². The highest BCUT2D eigenvalue weighted by Crippen LogP contribution is 2.20. The number of aromatic nitrogens is 2. The number of nitrogens with zero attached hydrogens (tertiary/aromatic N) is 2. The molecule has 1 saturated carbocycles. The molecule has 2 aromatic heterocycles. The third-order valence-electron chi connectivity index (χ3n) is 2.37. The van der Waals surface area contributed by atoms with E-state index in [0.29, 0.717) is 24.3 Å². The van der Waals surface area contributed by atoms with Crippen LogP contribution in [-0.4, -0.2) is 16.2 Å². The Morgan fingerprint density at radius 3 is 3.20 bits per heavy atom. The van der Waals surface area contributed by atoms with E-state index in [-0.39, 0.29) is 0 Å². The van der Waals surface area contributed by atoms with Gasteiger partial charge in [0.1, 0.15) is 0 Å². The number of nitrogens with one attached hydrogen (secondary N) is 1. The maximum Gasteiger partial charge on any atom is 0.240 e. The summed E-state index contributed by atoms with van der Waals surface area (Å²) in [5.41, 5.74) is 1.03. The zero-order valence-electron chi connectivity index (χ0n) is 8.14. The molecule has 0 bridgehead atoms. The topological polar surface area (TPSA) is 51.0 Å². The number of hydrogen-bond donors (Lipinski definition) is 1. The Morgan fingerprint density at radius 1 is 1.53 bits per heavy atom. The molecule has 3 rings (SSSR count). The Bertz CT molecular complexity index is 433. The zero-order valence-corrected chi connectivity index (χ0v) is 8.96. The standard InChI is InChI=1S/C10H11N3OS/c1-2-8(1)11-5-9-12-10(13-14-9)7-3-4-15-6-7/h3-4,6,8,11H,1-2,5H2. The fourth-order valence-corrected chi connectivity index (χ4v) is 1.99. The van der Waals surface area contributed by atoms with Crippen molar-refractivity contribution in [2.75, 3.05) is 0 Å². The lowest BCUT2D eigenvalue weighted by molar-refractivity contribution is 0.367. The van der Waals surface area contributed by atoms with Crippen LogP contribution in [0, 0.1) is 0 Å². The molecule has 78 valence electrons. The minimum Gasteiger partial charge on any atom is -0.338 e. The summed E-state index contributed by atoms with van der Waals surface area (Å²) in [6, 6.07) is 2.66. The molecule has 1 aliphatic rings. The van der Waals surface area contributed by atoms with Gasteiger partial charge >= 0.3 is 0 Å². The highest BCUT2D eigenvalue weighted by atomic mass is 32.1. The fourth-order valence-electron chi connectivity index (χ4n) is 1.35. The van der Waals surface area contributed by atoms with Crippen molar-refractivity contribution < 1.29 is 4.52 Å². The Labute approximate surface area is 91.3 Å². The molecule has 0 aliphatic heterocycles. The Kier molecular flexibility index (Phi) is 2.26. The van der Waals surface area contributed by atoms with Crippen LogP contribution in [0.4, 0.5) is 0 Å². The molecule has 0 unspecified atom stereocenters. The molecule has 0 saturated heterocycles. The Hall–Kier alpha value is -1.20. The zero-order chi connectivity index (χ0) is 10.1. The maximum atomic E-state index is 5.15. The van der Waals surface area contributed by atoms with E-state index in [1.54, 1.807) is 11.3 Å². The van der Waals surface area contributed by atoms with Crippen LogP contribution in [0.25, 0.3) is 11.4 Å². The van der Waals surface area contributed by atoms with E-state index in [2.05, 4.69) is 15.5 Å². The van der Waals surface area contributed by atoms with Crippen LogP contribution in [0.3, 0.4) is 0 Å². The molecule has 1 aliphatic carbocycles. The van der Waals surface area contributed by atoms with Crippen LogP contribution in [0.2, 0.25) is 0 Å². The summed E-state index contributed by atoms with van der Waals surface area (Å²) in [5, 5.41) is 11.3. The Morgan fingerprint density at radius 2 is 2.47 bits per heavy atom. The maximum absolute atomic E-state index is 5.15. The number of thiophene rings is 1. The van der Waals surface area contributed by atoms with Crippen LogP contribution in [-0.2, 0) is 6.54 Å². The molecule has 4 nitrogen and oxygen atoms in total. The summed E-state index contributed by atoms with van der Waals surface area (Å²) in [6.07, 6.45) is 2.54. The molecule has 0 aromatic carbocycles. The van der Waals surface area contributed by atoms with Crippen molar-refractivity contribution in [2.45, 2.75) is 25.4 Å². The van der Waals surface area contributed by atoms with Gasteiger partial charge in [0.05, 0.1) is 6.54 Å². The van der Waals surface area contributed by atoms with Gasteiger partial charge in [-0.25, -0.2) is 0 Å². The number of hydrogen-bond acceptors (Lipinski definition) is 5. The van der Waals surface area contributed by atoms with Crippen molar-refractivity contribution in [1.29, 1.82) is 0 Å². The fraction of sp³-hybridized carbons (Fsp3) is 0.400. The molecular weight excluding hydrogens is 210 g/mol. The van der Waals surface area contributed by atoms with Crippen LogP contribution >= 0.6 is 11.3 Å². The highest BCUT2D eigenvalue weighted by Gasteiger charge is 2.21. The summed E-state index contributed by atoms with van der Waals surface area (Å²) < 4.78 is 5.15. The second-order valence-electron chi connectivity index (χ2n) is 3.68. The van der Waals surface area contributed by atoms with Crippen LogP contribution in [0.1, 0.15) is 18.7 Å². The molecule has 0 spiro atoms. The predicted molar refractivity (Wildman–Crippen MR) is 57.5 cm³/mol. The second-order valence-corrected chi connectivity index (χ2v) is 4.46. The molecular formula is C10H11N3OS. The lowest BCUT2D eigenvalue weighted by Crippen LogP contribution is -2.15. The summed E-state index contributed by atoms with van der Waals surface area (Å²) >= 11 is 1.63. The number of rotatable bonds is 4. The summed E-state index contributed by atoms with van der Waals surface area (Å²) in [7, 11) is 0. The van der Waals surface area contributed by atoms with Gasteiger partial charge in [0.2, 0.25) is 11.7 Å². The molecule has 2 aromatic rings. The van der Waals surface area contributed by atoms with Crippen molar-refractivity contribution in [1.82, 2.24) is 15.5 Å². The van der Waals surface area contributed by atoms with Gasteiger partial charge in [-0.05, 0) is 24.3 Å². The summed E-state index contributed by atoms with van der Waals surface area (Å²) in [6.45, 7) is 0.682. The van der Waals surface area contributed by atoms with E-state index in [4.69, 9.17) is 4.52 Å². The first-order valence-electron chi connectivity index (χ1n) is 5.00. The first-order chi connectivity index (χ1) is 7.42. The van der Waals surface area contributed by atoms with Crippen LogP contribution in [0.5, 0.6) is 0 Å². The lowest BCUT2D eigenvalue weighted by Gasteiger charge is -1.94. The molecule has 0 amide bonds. The molecule has 15 heavy (non-hydrogen) atoms. The second kappa shape index (κ2) is 3.75. The molecule has 1 fully saturated rings. The quantitative estimate of drug-likeness (QED) is 0.858. The SMILES string of the molecule is c1cc(-c2noc(CNC3CC3)n2)cs1. The van der Waals surface area contributed by atoms with Crippen molar-refractivity contribution in [3.63, 3.8) is 0 Å². The van der Waals surface area contributed by atoms with Gasteiger partial charge in [-0.15, -0.1) is 0 Å². The average Bonchev–Trinajstić information content (AvgIpc) is 2.78. The van der Waals surface area contributed by atoms with E-state index >= 15 is 0 Å². The van der Waals surface area contributed by atoms with Gasteiger partial charge in [0.25, 0.3) is 0 Å². The van der Waals surface area contributed by atoms with E-state index in [1.165, 1.54) is 12.8 Å².